The molecule has 1 N–H and O–H groups in total. The number of ether oxygens (including phenoxy) is 3. The number of hydrogen-bond acceptors (Lipinski definition) is 6. The van der Waals surface area contributed by atoms with E-state index in [1.54, 1.807) is 25.3 Å². The van der Waals surface area contributed by atoms with E-state index in [0.29, 0.717) is 42.2 Å². The summed E-state index contributed by atoms with van der Waals surface area (Å²) >= 11 is 0. The molecule has 0 spiro atoms. The van der Waals surface area contributed by atoms with Crippen LogP contribution in [0.15, 0.2) is 42.0 Å². The van der Waals surface area contributed by atoms with E-state index in [0.717, 1.165) is 11.1 Å². The Kier molecular flexibility index (Phi) is 7.20. The van der Waals surface area contributed by atoms with Gasteiger partial charge in [-0.1, -0.05) is 23.8 Å². The fraction of sp³-hybridized carbons (Fsp3) is 0.360. The highest BCUT2D eigenvalue weighted by Crippen LogP contribution is 2.42. The summed E-state index contributed by atoms with van der Waals surface area (Å²) in [7, 11) is 4.64. The highest BCUT2D eigenvalue weighted by molar-refractivity contribution is 6.46. The van der Waals surface area contributed by atoms with Crippen molar-refractivity contribution >= 4 is 17.4 Å². The van der Waals surface area contributed by atoms with Gasteiger partial charge in [-0.25, -0.2) is 0 Å². The van der Waals surface area contributed by atoms with Crippen LogP contribution in [0.3, 0.4) is 0 Å². The normalized spacial score (nSPS) is 17.7. The van der Waals surface area contributed by atoms with Gasteiger partial charge in [0.15, 0.2) is 11.5 Å². The third kappa shape index (κ3) is 4.34. The van der Waals surface area contributed by atoms with Crippen molar-refractivity contribution in [1.82, 2.24) is 4.90 Å². The van der Waals surface area contributed by atoms with Crippen molar-refractivity contribution in [3.8, 4) is 11.5 Å². The van der Waals surface area contributed by atoms with Crippen molar-refractivity contribution in [2.75, 3.05) is 34.5 Å². The van der Waals surface area contributed by atoms with Gasteiger partial charge in [0.25, 0.3) is 11.7 Å². The molecular formula is C25H29NO6. The van der Waals surface area contributed by atoms with Crippen molar-refractivity contribution in [3.05, 3.63) is 64.2 Å². The number of nitrogens with zero attached hydrogens (tertiary/aromatic N) is 1. The lowest BCUT2D eigenvalue weighted by Crippen LogP contribution is -2.31. The summed E-state index contributed by atoms with van der Waals surface area (Å²) in [4.78, 5) is 27.6. The topological polar surface area (TPSA) is 85.3 Å². The van der Waals surface area contributed by atoms with Crippen LogP contribution in [-0.2, 0) is 14.3 Å². The molecule has 32 heavy (non-hydrogen) atoms. The molecule has 7 heteroatoms. The summed E-state index contributed by atoms with van der Waals surface area (Å²) in [6.45, 7) is 4.51. The van der Waals surface area contributed by atoms with Gasteiger partial charge < -0.3 is 24.2 Å². The third-order valence-corrected chi connectivity index (χ3v) is 5.66. The molecule has 2 aromatic carbocycles. The van der Waals surface area contributed by atoms with Gasteiger partial charge in [0, 0.05) is 25.8 Å². The number of hydrogen-bond donors (Lipinski definition) is 1. The number of benzene rings is 2. The van der Waals surface area contributed by atoms with E-state index in [1.165, 1.54) is 19.1 Å². The van der Waals surface area contributed by atoms with Crippen molar-refractivity contribution < 1.29 is 28.9 Å². The van der Waals surface area contributed by atoms with E-state index in [9.17, 15) is 14.7 Å². The van der Waals surface area contributed by atoms with Crippen LogP contribution in [0.2, 0.25) is 0 Å². The van der Waals surface area contributed by atoms with Crippen LogP contribution in [-0.4, -0.2) is 56.2 Å². The fourth-order valence-corrected chi connectivity index (χ4v) is 4.00. The van der Waals surface area contributed by atoms with Crippen molar-refractivity contribution in [2.24, 2.45) is 0 Å². The molecule has 1 aliphatic rings. The Morgan fingerprint density at radius 1 is 1.00 bits per heavy atom. The second-order valence-electron chi connectivity index (χ2n) is 7.77. The number of ketones is 1. The predicted molar refractivity (Wildman–Crippen MR) is 121 cm³/mol. The molecule has 170 valence electrons. The minimum atomic E-state index is -0.758. The SMILES string of the molecule is COCCCN1C(=O)C(=O)/C(=C(/O)c2cc(C)ccc2C)C1c1ccc(OC)c(OC)c1. The molecule has 1 heterocycles. The average Bonchev–Trinajstić information content (AvgIpc) is 3.04. The Morgan fingerprint density at radius 3 is 2.38 bits per heavy atom. The fourth-order valence-electron chi connectivity index (χ4n) is 4.00. The number of aliphatic hydroxyl groups excluding tert-OH is 1. The first kappa shape index (κ1) is 23.3. The van der Waals surface area contributed by atoms with Crippen molar-refractivity contribution in [1.29, 1.82) is 0 Å². The number of carbonyl (C=O) groups excluding carboxylic acids is 2. The number of carbonyl (C=O) groups is 2. The first-order valence-corrected chi connectivity index (χ1v) is 10.4. The molecule has 0 aromatic heterocycles. The van der Waals surface area contributed by atoms with Crippen LogP contribution < -0.4 is 9.47 Å². The number of amides is 1. The summed E-state index contributed by atoms with van der Waals surface area (Å²) in [5.41, 5.74) is 2.99. The zero-order valence-electron chi connectivity index (χ0n) is 19.1. The predicted octanol–water partition coefficient (Wildman–Crippen LogP) is 3.78. The molecule has 2 aromatic rings. The van der Waals surface area contributed by atoms with Gasteiger partial charge in [0.05, 0.1) is 25.8 Å². The van der Waals surface area contributed by atoms with Gasteiger partial charge in [-0.15, -0.1) is 0 Å². The molecule has 0 radical (unpaired) electrons. The zero-order chi connectivity index (χ0) is 23.4. The first-order valence-electron chi connectivity index (χ1n) is 10.4. The van der Waals surface area contributed by atoms with E-state index >= 15 is 0 Å². The van der Waals surface area contributed by atoms with Crippen LogP contribution in [0, 0.1) is 13.8 Å². The second-order valence-corrected chi connectivity index (χ2v) is 7.77. The minimum Gasteiger partial charge on any atom is -0.507 e. The maximum atomic E-state index is 13.1. The van der Waals surface area contributed by atoms with Crippen LogP contribution >= 0.6 is 0 Å². The van der Waals surface area contributed by atoms with Crippen molar-refractivity contribution in [2.45, 2.75) is 26.3 Å². The summed E-state index contributed by atoms with van der Waals surface area (Å²) in [5.74, 6) is -0.534. The van der Waals surface area contributed by atoms with Gasteiger partial charge in [-0.05, 0) is 49.6 Å². The van der Waals surface area contributed by atoms with Crippen molar-refractivity contribution in [3.63, 3.8) is 0 Å². The molecule has 0 aliphatic carbocycles. The molecule has 0 saturated carbocycles. The Labute approximate surface area is 188 Å². The molecule has 1 atom stereocenters. The number of rotatable bonds is 8. The molecule has 1 saturated heterocycles. The van der Waals surface area contributed by atoms with Gasteiger partial charge >= 0.3 is 0 Å². The average molecular weight is 440 g/mol. The first-order chi connectivity index (χ1) is 15.3. The Hall–Kier alpha value is -3.32. The van der Waals surface area contributed by atoms with E-state index in [-0.39, 0.29) is 11.3 Å². The summed E-state index contributed by atoms with van der Waals surface area (Å²) in [6.07, 6.45) is 0.552. The van der Waals surface area contributed by atoms with Crippen LogP contribution in [0.5, 0.6) is 11.5 Å². The van der Waals surface area contributed by atoms with E-state index in [1.807, 2.05) is 32.0 Å². The largest absolute Gasteiger partial charge is 0.507 e. The lowest BCUT2D eigenvalue weighted by molar-refractivity contribution is -0.140. The number of methoxy groups -OCH3 is 3. The van der Waals surface area contributed by atoms with Gasteiger partial charge in [0.1, 0.15) is 5.76 Å². The quantitative estimate of drug-likeness (QED) is 0.292. The van der Waals surface area contributed by atoms with Crippen LogP contribution in [0.4, 0.5) is 0 Å². The molecule has 1 unspecified atom stereocenters. The van der Waals surface area contributed by atoms with Gasteiger partial charge in [-0.3, -0.25) is 9.59 Å². The Morgan fingerprint density at radius 2 is 1.72 bits per heavy atom. The minimum absolute atomic E-state index is 0.0633. The molecule has 1 amide bonds. The standard InChI is InChI=1S/C25H29NO6/c1-15-7-8-16(2)18(13-15)23(27)21-22(17-9-10-19(31-4)20(14-17)32-5)26(11-6-12-30-3)25(29)24(21)28/h7-10,13-14,22,27H,6,11-12H2,1-5H3/b23-21+. The third-order valence-electron chi connectivity index (χ3n) is 5.66. The van der Waals surface area contributed by atoms with E-state index in [2.05, 4.69) is 0 Å². The molecule has 0 bridgehead atoms. The molecule has 1 fully saturated rings. The van der Waals surface area contributed by atoms with E-state index in [4.69, 9.17) is 14.2 Å². The summed E-state index contributed by atoms with van der Waals surface area (Å²) in [5, 5.41) is 11.3. The smallest absolute Gasteiger partial charge is 0.295 e. The lowest BCUT2D eigenvalue weighted by atomic mass is 9.93. The summed E-state index contributed by atoms with van der Waals surface area (Å²) in [6, 6.07) is 10.1. The molecule has 3 rings (SSSR count). The van der Waals surface area contributed by atoms with Crippen LogP contribution in [0.1, 0.15) is 34.7 Å². The monoisotopic (exact) mass is 439 g/mol. The summed E-state index contributed by atoms with van der Waals surface area (Å²) < 4.78 is 15.9. The number of aryl methyl sites for hydroxylation is 2. The number of likely N-dealkylation sites (tertiary alicyclic amines) is 1. The second kappa shape index (κ2) is 9.87. The molecular weight excluding hydrogens is 410 g/mol. The Balaban J connectivity index is 2.21. The maximum Gasteiger partial charge on any atom is 0.295 e. The lowest BCUT2D eigenvalue weighted by Gasteiger charge is -2.26. The molecule has 1 aliphatic heterocycles. The van der Waals surface area contributed by atoms with E-state index < -0.39 is 17.7 Å². The highest BCUT2D eigenvalue weighted by Gasteiger charge is 2.46. The number of aliphatic hydroxyl groups is 1. The molecule has 7 nitrogen and oxygen atoms in total. The number of Topliss-reactive ketones (excluding diaryl/α,β-unsaturated/α-hetero) is 1. The highest BCUT2D eigenvalue weighted by atomic mass is 16.5. The maximum absolute atomic E-state index is 13.1. The van der Waals surface area contributed by atoms with Crippen LogP contribution in [0.25, 0.3) is 5.76 Å². The van der Waals surface area contributed by atoms with Gasteiger partial charge in [0.2, 0.25) is 0 Å². The van der Waals surface area contributed by atoms with Gasteiger partial charge in [-0.2, -0.15) is 0 Å². The zero-order valence-corrected chi connectivity index (χ0v) is 19.1. The Bertz CT molecular complexity index is 1060.